The second-order valence-electron chi connectivity index (χ2n) is 8.12. The number of alkyl halides is 3. The number of carbonyl (C=O) groups excluding carboxylic acids is 1. The van der Waals surface area contributed by atoms with Crippen molar-refractivity contribution in [3.63, 3.8) is 0 Å². The van der Waals surface area contributed by atoms with Gasteiger partial charge >= 0.3 is 6.18 Å². The average Bonchev–Trinajstić information content (AvgIpc) is 3.14. The summed E-state index contributed by atoms with van der Waals surface area (Å²) in [6, 6.07) is 8.64. The van der Waals surface area contributed by atoms with Gasteiger partial charge in [0.15, 0.2) is 16.7 Å². The molecule has 2 aliphatic heterocycles. The highest BCUT2D eigenvalue weighted by molar-refractivity contribution is 8.18. The van der Waals surface area contributed by atoms with E-state index >= 15 is 0 Å². The van der Waals surface area contributed by atoms with Gasteiger partial charge in [-0.15, -0.1) is 0 Å². The molecule has 182 valence electrons. The molecule has 2 heterocycles. The normalized spacial score (nSPS) is 21.7. The van der Waals surface area contributed by atoms with Crippen LogP contribution in [0.3, 0.4) is 0 Å². The van der Waals surface area contributed by atoms with Crippen molar-refractivity contribution >= 4 is 28.9 Å². The van der Waals surface area contributed by atoms with Crippen LogP contribution in [0.25, 0.3) is 6.08 Å². The number of aliphatic imine (C=N–C) groups is 1. The summed E-state index contributed by atoms with van der Waals surface area (Å²) in [6.07, 6.45) is -3.20. The minimum Gasteiger partial charge on any atom is -0.504 e. The van der Waals surface area contributed by atoms with Gasteiger partial charge in [-0.25, -0.2) is 0 Å². The number of morpholine rings is 1. The highest BCUT2D eigenvalue weighted by Gasteiger charge is 2.35. The molecule has 2 unspecified atom stereocenters. The van der Waals surface area contributed by atoms with Gasteiger partial charge in [-0.05, 0) is 67.6 Å². The minimum absolute atomic E-state index is 0.00337. The lowest BCUT2D eigenvalue weighted by molar-refractivity contribution is -0.138. The second kappa shape index (κ2) is 9.64. The SMILES string of the molecule is CC1CN(C2=NC(=O)/C(=C/c3ccc(Oc4ccc(C#N)cc4C(F)(F)F)c(O)c3)S2)CC(C)O1. The molecule has 4 rings (SSSR count). The monoisotopic (exact) mass is 503 g/mol. The molecular weight excluding hydrogens is 483 g/mol. The zero-order valence-electron chi connectivity index (χ0n) is 18.7. The third-order valence-corrected chi connectivity index (χ3v) is 6.26. The van der Waals surface area contributed by atoms with Gasteiger partial charge in [-0.1, -0.05) is 6.07 Å². The quantitative estimate of drug-likeness (QED) is 0.579. The first-order chi connectivity index (χ1) is 16.5. The van der Waals surface area contributed by atoms with Crippen molar-refractivity contribution in [2.24, 2.45) is 4.99 Å². The predicted octanol–water partition coefficient (Wildman–Crippen LogP) is 5.15. The van der Waals surface area contributed by atoms with Crippen LogP contribution in [0.4, 0.5) is 13.2 Å². The number of nitriles is 1. The number of hydrogen-bond acceptors (Lipinski definition) is 7. The van der Waals surface area contributed by atoms with Crippen molar-refractivity contribution in [2.75, 3.05) is 13.1 Å². The maximum Gasteiger partial charge on any atom is 0.420 e. The standard InChI is InChI=1S/C24H20F3N3O4S/c1-13-11-30(12-14(2)33-13)23-29-22(32)21(35-23)9-15-3-6-20(18(31)8-15)34-19-5-4-16(10-28)7-17(19)24(25,26)27/h3-9,13-14,31H,11-12H2,1-2H3/b21-9-. The van der Waals surface area contributed by atoms with Crippen molar-refractivity contribution < 1.29 is 32.5 Å². The largest absolute Gasteiger partial charge is 0.504 e. The average molecular weight is 504 g/mol. The Morgan fingerprint density at radius 3 is 2.51 bits per heavy atom. The van der Waals surface area contributed by atoms with E-state index in [2.05, 4.69) is 4.99 Å². The number of aromatic hydroxyl groups is 1. The van der Waals surface area contributed by atoms with E-state index in [4.69, 9.17) is 14.7 Å². The molecule has 0 spiro atoms. The first kappa shape index (κ1) is 24.6. The Bertz CT molecular complexity index is 1260. The number of benzene rings is 2. The molecule has 7 nitrogen and oxygen atoms in total. The molecule has 1 amide bonds. The second-order valence-corrected chi connectivity index (χ2v) is 9.13. The molecule has 2 aromatic rings. The number of thioether (sulfide) groups is 1. The summed E-state index contributed by atoms with van der Waals surface area (Å²) >= 11 is 1.21. The van der Waals surface area contributed by atoms with E-state index in [1.54, 1.807) is 12.1 Å². The molecule has 11 heteroatoms. The maximum atomic E-state index is 13.4. The van der Waals surface area contributed by atoms with Gasteiger partial charge in [0, 0.05) is 13.1 Å². The summed E-state index contributed by atoms with van der Waals surface area (Å²) in [4.78, 5) is 18.9. The maximum absolute atomic E-state index is 13.4. The fraction of sp³-hybridized carbons (Fsp3) is 0.292. The zero-order valence-corrected chi connectivity index (χ0v) is 19.5. The van der Waals surface area contributed by atoms with Gasteiger partial charge < -0.3 is 19.5 Å². The highest BCUT2D eigenvalue weighted by atomic mass is 32.2. The van der Waals surface area contributed by atoms with E-state index < -0.39 is 29.1 Å². The van der Waals surface area contributed by atoms with Crippen molar-refractivity contribution in [3.8, 4) is 23.3 Å². The third-order valence-electron chi connectivity index (χ3n) is 5.21. The lowest BCUT2D eigenvalue weighted by Gasteiger charge is -2.35. The molecule has 35 heavy (non-hydrogen) atoms. The van der Waals surface area contributed by atoms with Crippen LogP contribution in [0, 0.1) is 11.3 Å². The van der Waals surface area contributed by atoms with Crippen LogP contribution in [-0.2, 0) is 15.7 Å². The number of hydrogen-bond donors (Lipinski definition) is 1. The Labute approximate surface area is 203 Å². The van der Waals surface area contributed by atoms with E-state index in [0.29, 0.717) is 34.8 Å². The van der Waals surface area contributed by atoms with E-state index in [0.717, 1.165) is 6.07 Å². The summed E-state index contributed by atoms with van der Waals surface area (Å²) in [7, 11) is 0. The Kier molecular flexibility index (Phi) is 6.78. The predicted molar refractivity (Wildman–Crippen MR) is 124 cm³/mol. The van der Waals surface area contributed by atoms with Crippen molar-refractivity contribution in [1.29, 1.82) is 5.26 Å². The number of nitrogens with zero attached hydrogens (tertiary/aromatic N) is 3. The summed E-state index contributed by atoms with van der Waals surface area (Å²) in [5, 5.41) is 19.8. The molecule has 1 fully saturated rings. The Hall–Kier alpha value is -3.49. The van der Waals surface area contributed by atoms with Gasteiger partial charge in [0.05, 0.1) is 34.3 Å². The van der Waals surface area contributed by atoms with E-state index in [1.807, 2.05) is 18.7 Å². The van der Waals surface area contributed by atoms with Crippen molar-refractivity contribution in [1.82, 2.24) is 4.90 Å². The van der Waals surface area contributed by atoms with Crippen LogP contribution in [0.15, 0.2) is 46.3 Å². The molecule has 2 atom stereocenters. The number of rotatable bonds is 3. The Morgan fingerprint density at radius 2 is 1.89 bits per heavy atom. The summed E-state index contributed by atoms with van der Waals surface area (Å²) < 4.78 is 51.2. The molecule has 1 saturated heterocycles. The van der Waals surface area contributed by atoms with Crippen molar-refractivity contribution in [3.05, 3.63) is 58.0 Å². The molecule has 0 aliphatic carbocycles. The molecule has 1 N–H and O–H groups in total. The highest BCUT2D eigenvalue weighted by Crippen LogP contribution is 2.41. The molecular formula is C24H20F3N3O4S. The lowest BCUT2D eigenvalue weighted by Crippen LogP contribution is -2.47. The number of carbonyl (C=O) groups is 1. The lowest BCUT2D eigenvalue weighted by atomic mass is 10.1. The smallest absolute Gasteiger partial charge is 0.420 e. The topological polar surface area (TPSA) is 95.2 Å². The van der Waals surface area contributed by atoms with Crippen LogP contribution in [0.1, 0.15) is 30.5 Å². The van der Waals surface area contributed by atoms with Crippen LogP contribution in [-0.4, -0.2) is 46.4 Å². The summed E-state index contributed by atoms with van der Waals surface area (Å²) in [5.74, 6) is -1.58. The van der Waals surface area contributed by atoms with E-state index in [9.17, 15) is 23.1 Å². The zero-order chi connectivity index (χ0) is 25.3. The number of amides is 1. The number of amidine groups is 1. The molecule has 0 radical (unpaired) electrons. The van der Waals surface area contributed by atoms with Gasteiger partial charge in [0.2, 0.25) is 0 Å². The van der Waals surface area contributed by atoms with Crippen molar-refractivity contribution in [2.45, 2.75) is 32.2 Å². The van der Waals surface area contributed by atoms with Gasteiger partial charge in [-0.2, -0.15) is 23.4 Å². The first-order valence-corrected chi connectivity index (χ1v) is 11.4. The van der Waals surface area contributed by atoms with Gasteiger partial charge in [-0.3, -0.25) is 4.79 Å². The number of phenols is 1. The molecule has 0 aromatic heterocycles. The summed E-state index contributed by atoms with van der Waals surface area (Å²) in [6.45, 7) is 5.12. The van der Waals surface area contributed by atoms with E-state index in [1.165, 1.54) is 36.0 Å². The fourth-order valence-corrected chi connectivity index (χ4v) is 4.69. The van der Waals surface area contributed by atoms with Gasteiger partial charge in [0.25, 0.3) is 5.91 Å². The molecule has 2 aromatic carbocycles. The van der Waals surface area contributed by atoms with E-state index in [-0.39, 0.29) is 23.5 Å². The number of phenolic OH excluding ortho intramolecular Hbond substituents is 1. The minimum atomic E-state index is -4.75. The first-order valence-electron chi connectivity index (χ1n) is 10.6. The van der Waals surface area contributed by atoms with Gasteiger partial charge in [0.1, 0.15) is 5.75 Å². The third kappa shape index (κ3) is 5.61. The Morgan fingerprint density at radius 1 is 1.20 bits per heavy atom. The molecule has 0 bridgehead atoms. The number of halogens is 3. The van der Waals surface area contributed by atoms with Crippen LogP contribution >= 0.6 is 11.8 Å². The Balaban J connectivity index is 1.52. The van der Waals surface area contributed by atoms with Crippen LogP contribution in [0.5, 0.6) is 17.2 Å². The number of ether oxygens (including phenoxy) is 2. The molecule has 0 saturated carbocycles. The van der Waals surface area contributed by atoms with Crippen LogP contribution < -0.4 is 4.74 Å². The summed E-state index contributed by atoms with van der Waals surface area (Å²) in [5.41, 5.74) is -0.856. The molecule has 2 aliphatic rings. The van der Waals surface area contributed by atoms with Crippen LogP contribution in [0.2, 0.25) is 0 Å². The fourth-order valence-electron chi connectivity index (χ4n) is 3.76.